The standard InChI is InChI=1S/C16H19N3O2S/c20-13(19-8-3-9-19)7-6-12-17-15(21)14-10-4-1-2-5-11(10)22-16(14)18-12/h1-9H2,(H,17,18,21). The number of likely N-dealkylation sites (tertiary alicyclic amines) is 1. The molecule has 1 N–H and O–H groups in total. The molecule has 6 heteroatoms. The normalized spacial score (nSPS) is 17.4. The van der Waals surface area contributed by atoms with Gasteiger partial charge in [0.2, 0.25) is 5.91 Å². The number of fused-ring (bicyclic) bond motifs is 3. The van der Waals surface area contributed by atoms with Crippen molar-refractivity contribution in [2.24, 2.45) is 0 Å². The number of amides is 1. The van der Waals surface area contributed by atoms with Gasteiger partial charge in [0.15, 0.2) is 0 Å². The first kappa shape index (κ1) is 13.9. The molecule has 0 aromatic carbocycles. The summed E-state index contributed by atoms with van der Waals surface area (Å²) in [4.78, 5) is 35.8. The number of aromatic nitrogens is 2. The van der Waals surface area contributed by atoms with Crippen molar-refractivity contribution in [1.82, 2.24) is 14.9 Å². The molecular formula is C16H19N3O2S. The van der Waals surface area contributed by atoms with E-state index >= 15 is 0 Å². The van der Waals surface area contributed by atoms with Gasteiger partial charge in [-0.3, -0.25) is 9.59 Å². The summed E-state index contributed by atoms with van der Waals surface area (Å²) in [5.41, 5.74) is 1.18. The molecule has 0 unspecified atom stereocenters. The first-order valence-electron chi connectivity index (χ1n) is 8.03. The highest BCUT2D eigenvalue weighted by molar-refractivity contribution is 7.18. The number of nitrogens with zero attached hydrogens (tertiary/aromatic N) is 2. The molecule has 116 valence electrons. The molecule has 1 fully saturated rings. The third-order valence-electron chi connectivity index (χ3n) is 4.66. The van der Waals surface area contributed by atoms with Gasteiger partial charge in [-0.05, 0) is 37.7 Å². The lowest BCUT2D eigenvalue weighted by atomic mass is 9.97. The van der Waals surface area contributed by atoms with E-state index in [9.17, 15) is 9.59 Å². The molecule has 1 aliphatic carbocycles. The predicted molar refractivity (Wildman–Crippen MR) is 86.4 cm³/mol. The SMILES string of the molecule is O=C(CCc1nc2sc3c(c2c(=O)[nH]1)CCCC3)N1CCC1. The van der Waals surface area contributed by atoms with E-state index in [4.69, 9.17) is 0 Å². The average molecular weight is 317 g/mol. The second-order valence-electron chi connectivity index (χ2n) is 6.14. The lowest BCUT2D eigenvalue weighted by molar-refractivity contribution is -0.134. The van der Waals surface area contributed by atoms with Crippen LogP contribution in [0.4, 0.5) is 0 Å². The highest BCUT2D eigenvalue weighted by Gasteiger charge is 2.22. The van der Waals surface area contributed by atoms with E-state index in [0.717, 1.165) is 49.0 Å². The van der Waals surface area contributed by atoms with E-state index in [1.807, 2.05) is 4.90 Å². The first-order valence-corrected chi connectivity index (χ1v) is 8.85. The van der Waals surface area contributed by atoms with Crippen LogP contribution in [0.1, 0.15) is 41.9 Å². The van der Waals surface area contributed by atoms with Gasteiger partial charge in [-0.1, -0.05) is 0 Å². The van der Waals surface area contributed by atoms with E-state index in [-0.39, 0.29) is 11.5 Å². The third-order valence-corrected chi connectivity index (χ3v) is 5.84. The van der Waals surface area contributed by atoms with Crippen LogP contribution in [0.5, 0.6) is 0 Å². The van der Waals surface area contributed by atoms with Crippen LogP contribution in [-0.2, 0) is 24.1 Å². The highest BCUT2D eigenvalue weighted by Crippen LogP contribution is 2.33. The van der Waals surface area contributed by atoms with Gasteiger partial charge in [0.1, 0.15) is 10.7 Å². The van der Waals surface area contributed by atoms with Gasteiger partial charge < -0.3 is 9.88 Å². The molecule has 1 amide bonds. The molecule has 0 saturated carbocycles. The number of carbonyl (C=O) groups is 1. The van der Waals surface area contributed by atoms with Crippen LogP contribution in [0, 0.1) is 0 Å². The molecule has 0 spiro atoms. The van der Waals surface area contributed by atoms with Crippen molar-refractivity contribution in [3.05, 3.63) is 26.6 Å². The maximum Gasteiger partial charge on any atom is 0.259 e. The molecule has 1 saturated heterocycles. The van der Waals surface area contributed by atoms with Gasteiger partial charge in [0.25, 0.3) is 5.56 Å². The van der Waals surface area contributed by atoms with Crippen molar-refractivity contribution < 1.29 is 4.79 Å². The van der Waals surface area contributed by atoms with Gasteiger partial charge in [-0.25, -0.2) is 4.98 Å². The Balaban J connectivity index is 1.60. The number of aromatic amines is 1. The Hall–Kier alpha value is -1.69. The molecule has 3 heterocycles. The summed E-state index contributed by atoms with van der Waals surface area (Å²) in [6.07, 6.45) is 6.47. The van der Waals surface area contributed by atoms with E-state index < -0.39 is 0 Å². The maximum atomic E-state index is 12.4. The molecule has 2 aliphatic rings. The van der Waals surface area contributed by atoms with Crippen LogP contribution < -0.4 is 5.56 Å². The zero-order valence-electron chi connectivity index (χ0n) is 12.5. The van der Waals surface area contributed by atoms with Crippen molar-refractivity contribution in [3.63, 3.8) is 0 Å². The van der Waals surface area contributed by atoms with Crippen LogP contribution in [0.2, 0.25) is 0 Å². The molecular weight excluding hydrogens is 298 g/mol. The Morgan fingerprint density at radius 3 is 2.82 bits per heavy atom. The fraction of sp³-hybridized carbons (Fsp3) is 0.562. The average Bonchev–Trinajstić information content (AvgIpc) is 2.82. The zero-order valence-corrected chi connectivity index (χ0v) is 13.3. The topological polar surface area (TPSA) is 66.1 Å². The lowest BCUT2D eigenvalue weighted by Gasteiger charge is -2.30. The van der Waals surface area contributed by atoms with E-state index in [0.29, 0.717) is 18.7 Å². The molecule has 4 rings (SSSR count). The van der Waals surface area contributed by atoms with Crippen molar-refractivity contribution in [3.8, 4) is 0 Å². The summed E-state index contributed by atoms with van der Waals surface area (Å²) in [6, 6.07) is 0. The number of nitrogens with one attached hydrogen (secondary N) is 1. The van der Waals surface area contributed by atoms with Gasteiger partial charge in [-0.15, -0.1) is 11.3 Å². The second kappa shape index (κ2) is 5.50. The number of hydrogen-bond acceptors (Lipinski definition) is 4. The van der Waals surface area contributed by atoms with Gasteiger partial charge in [-0.2, -0.15) is 0 Å². The Morgan fingerprint density at radius 1 is 1.23 bits per heavy atom. The van der Waals surface area contributed by atoms with E-state index in [1.165, 1.54) is 16.9 Å². The molecule has 0 atom stereocenters. The molecule has 2 aromatic heterocycles. The van der Waals surface area contributed by atoms with Crippen LogP contribution in [0.3, 0.4) is 0 Å². The fourth-order valence-electron chi connectivity index (χ4n) is 3.28. The van der Waals surface area contributed by atoms with Crippen molar-refractivity contribution in [2.45, 2.75) is 44.9 Å². The number of aryl methyl sites for hydroxylation is 3. The van der Waals surface area contributed by atoms with E-state index in [2.05, 4.69) is 9.97 Å². The molecule has 0 radical (unpaired) electrons. The summed E-state index contributed by atoms with van der Waals surface area (Å²) in [7, 11) is 0. The number of carbonyl (C=O) groups excluding carboxylic acids is 1. The second-order valence-corrected chi connectivity index (χ2v) is 7.22. The van der Waals surface area contributed by atoms with E-state index in [1.54, 1.807) is 11.3 Å². The number of rotatable bonds is 3. The highest BCUT2D eigenvalue weighted by atomic mass is 32.1. The molecule has 5 nitrogen and oxygen atoms in total. The summed E-state index contributed by atoms with van der Waals surface area (Å²) < 4.78 is 0. The van der Waals surface area contributed by atoms with Gasteiger partial charge in [0.05, 0.1) is 5.39 Å². The summed E-state index contributed by atoms with van der Waals surface area (Å²) in [5, 5.41) is 0.789. The zero-order chi connectivity index (χ0) is 15.1. The fourth-order valence-corrected chi connectivity index (χ4v) is 4.56. The van der Waals surface area contributed by atoms with Crippen molar-refractivity contribution >= 4 is 27.5 Å². The minimum atomic E-state index is -0.0317. The van der Waals surface area contributed by atoms with Gasteiger partial charge >= 0.3 is 0 Å². The van der Waals surface area contributed by atoms with Crippen molar-refractivity contribution in [2.75, 3.05) is 13.1 Å². The first-order chi connectivity index (χ1) is 10.7. The largest absolute Gasteiger partial charge is 0.343 e. The smallest absolute Gasteiger partial charge is 0.259 e. The summed E-state index contributed by atoms with van der Waals surface area (Å²) in [5.74, 6) is 0.810. The Morgan fingerprint density at radius 2 is 2.05 bits per heavy atom. The quantitative estimate of drug-likeness (QED) is 0.942. The monoisotopic (exact) mass is 317 g/mol. The van der Waals surface area contributed by atoms with Crippen LogP contribution in [0.15, 0.2) is 4.79 Å². The Kier molecular flexibility index (Phi) is 3.48. The van der Waals surface area contributed by atoms with Crippen molar-refractivity contribution in [1.29, 1.82) is 0 Å². The summed E-state index contributed by atoms with van der Waals surface area (Å²) in [6.45, 7) is 1.75. The lowest BCUT2D eigenvalue weighted by Crippen LogP contribution is -2.42. The Bertz CT molecular complexity index is 789. The van der Waals surface area contributed by atoms with Crippen LogP contribution >= 0.6 is 11.3 Å². The molecule has 1 aliphatic heterocycles. The number of H-pyrrole nitrogens is 1. The summed E-state index contributed by atoms with van der Waals surface area (Å²) >= 11 is 1.66. The Labute approximate surface area is 132 Å². The van der Waals surface area contributed by atoms with Crippen LogP contribution in [-0.4, -0.2) is 33.9 Å². The number of hydrogen-bond donors (Lipinski definition) is 1. The molecule has 2 aromatic rings. The molecule has 0 bridgehead atoms. The van der Waals surface area contributed by atoms with Gasteiger partial charge in [0, 0.05) is 30.8 Å². The minimum Gasteiger partial charge on any atom is -0.343 e. The van der Waals surface area contributed by atoms with Crippen LogP contribution in [0.25, 0.3) is 10.2 Å². The molecule has 22 heavy (non-hydrogen) atoms. The predicted octanol–water partition coefficient (Wildman–Crippen LogP) is 2.03. The minimum absolute atomic E-state index is 0.0317. The maximum absolute atomic E-state index is 12.4. The third kappa shape index (κ3) is 2.35. The number of thiophene rings is 1.